The van der Waals surface area contributed by atoms with E-state index in [4.69, 9.17) is 0 Å². The molecule has 0 spiro atoms. The number of rotatable bonds is 4. The van der Waals surface area contributed by atoms with E-state index in [1.807, 2.05) is 35.8 Å². The fourth-order valence-electron chi connectivity index (χ4n) is 4.66. The summed E-state index contributed by atoms with van der Waals surface area (Å²) in [6.45, 7) is 6.75. The third-order valence-corrected chi connectivity index (χ3v) is 6.65. The molecule has 1 aromatic carbocycles. The zero-order chi connectivity index (χ0) is 22.0. The van der Waals surface area contributed by atoms with E-state index in [1.54, 1.807) is 18.3 Å². The molecule has 4 rings (SSSR count). The Morgan fingerprint density at radius 1 is 0.968 bits per heavy atom. The Morgan fingerprint density at radius 3 is 2.29 bits per heavy atom. The number of aromatic nitrogens is 1. The van der Waals surface area contributed by atoms with Crippen LogP contribution in [0.1, 0.15) is 67.1 Å². The van der Waals surface area contributed by atoms with Crippen LogP contribution in [-0.4, -0.2) is 52.8 Å². The number of nitrogens with zero attached hydrogens (tertiary/aromatic N) is 3. The Labute approximate surface area is 183 Å². The van der Waals surface area contributed by atoms with Crippen LogP contribution >= 0.6 is 0 Å². The number of amides is 2. The first-order valence-electron chi connectivity index (χ1n) is 11.2. The van der Waals surface area contributed by atoms with Gasteiger partial charge in [-0.2, -0.15) is 0 Å². The van der Waals surface area contributed by atoms with Crippen LogP contribution in [0.3, 0.4) is 0 Å². The first-order chi connectivity index (χ1) is 14.9. The second-order valence-electron chi connectivity index (χ2n) is 9.19. The van der Waals surface area contributed by atoms with Crippen molar-refractivity contribution >= 4 is 11.8 Å². The number of hydrogen-bond donors (Lipinski definition) is 0. The lowest BCUT2D eigenvalue weighted by Crippen LogP contribution is -2.47. The molecule has 2 aliphatic heterocycles. The molecule has 2 aromatic rings. The normalized spacial score (nSPS) is 19.5. The molecule has 0 radical (unpaired) electrons. The molecule has 0 unspecified atom stereocenters. The minimum atomic E-state index is -0.727. The summed E-state index contributed by atoms with van der Waals surface area (Å²) in [7, 11) is 0. The third-order valence-electron chi connectivity index (χ3n) is 6.65. The second-order valence-corrected chi connectivity index (χ2v) is 9.19. The van der Waals surface area contributed by atoms with Crippen molar-refractivity contribution in [3.63, 3.8) is 0 Å². The number of carbonyl (C=O) groups is 2. The molecule has 2 fully saturated rings. The van der Waals surface area contributed by atoms with E-state index in [0.29, 0.717) is 18.7 Å². The average Bonchev–Trinajstić information content (AvgIpc) is 3.33. The topological polar surface area (TPSA) is 53.5 Å². The summed E-state index contributed by atoms with van der Waals surface area (Å²) in [5, 5.41) is 0. The number of pyridine rings is 1. The number of halogens is 1. The van der Waals surface area contributed by atoms with Crippen molar-refractivity contribution in [2.75, 3.05) is 26.2 Å². The molecule has 0 saturated carbocycles. The largest absolute Gasteiger partial charge is 0.341 e. The second kappa shape index (κ2) is 8.77. The molecule has 1 aromatic heterocycles. The highest BCUT2D eigenvalue weighted by Gasteiger charge is 2.36. The van der Waals surface area contributed by atoms with Gasteiger partial charge >= 0.3 is 0 Å². The van der Waals surface area contributed by atoms with Gasteiger partial charge in [0.25, 0.3) is 5.91 Å². The van der Waals surface area contributed by atoms with E-state index in [9.17, 15) is 14.0 Å². The maximum absolute atomic E-state index is 13.3. The van der Waals surface area contributed by atoms with Crippen LogP contribution < -0.4 is 0 Å². The minimum absolute atomic E-state index is 0.0460. The Hall–Kier alpha value is -2.76. The van der Waals surface area contributed by atoms with E-state index in [0.717, 1.165) is 50.0 Å². The molecule has 31 heavy (non-hydrogen) atoms. The van der Waals surface area contributed by atoms with E-state index < -0.39 is 5.41 Å². The number of piperidine rings is 1. The van der Waals surface area contributed by atoms with Gasteiger partial charge in [0.05, 0.1) is 11.0 Å². The van der Waals surface area contributed by atoms with Gasteiger partial charge in [-0.15, -0.1) is 0 Å². The highest BCUT2D eigenvalue weighted by Crippen LogP contribution is 2.31. The van der Waals surface area contributed by atoms with Crippen LogP contribution in [0, 0.1) is 5.82 Å². The van der Waals surface area contributed by atoms with Gasteiger partial charge in [-0.3, -0.25) is 14.6 Å². The van der Waals surface area contributed by atoms with Gasteiger partial charge < -0.3 is 9.80 Å². The molecule has 3 heterocycles. The molecule has 2 amide bonds. The Morgan fingerprint density at radius 2 is 1.65 bits per heavy atom. The fraction of sp³-hybridized carbons (Fsp3) is 0.480. The van der Waals surface area contributed by atoms with Crippen LogP contribution in [0.4, 0.5) is 4.39 Å². The van der Waals surface area contributed by atoms with Gasteiger partial charge in [0, 0.05) is 44.0 Å². The summed E-state index contributed by atoms with van der Waals surface area (Å²) >= 11 is 0. The molecule has 5 nitrogen and oxygen atoms in total. The smallest absolute Gasteiger partial charge is 0.255 e. The van der Waals surface area contributed by atoms with Crippen molar-refractivity contribution in [3.05, 3.63) is 65.2 Å². The van der Waals surface area contributed by atoms with Crippen LogP contribution in [0.5, 0.6) is 0 Å². The van der Waals surface area contributed by atoms with Crippen molar-refractivity contribution in [3.8, 4) is 0 Å². The molecule has 1 atom stereocenters. The predicted molar refractivity (Wildman–Crippen MR) is 117 cm³/mol. The number of benzene rings is 1. The Bertz CT molecular complexity index is 934. The molecular weight excluding hydrogens is 393 g/mol. The average molecular weight is 424 g/mol. The summed E-state index contributed by atoms with van der Waals surface area (Å²) < 4.78 is 13.3. The Balaban J connectivity index is 1.45. The first-order valence-corrected chi connectivity index (χ1v) is 11.2. The van der Waals surface area contributed by atoms with Gasteiger partial charge in [0.2, 0.25) is 5.91 Å². The minimum Gasteiger partial charge on any atom is -0.341 e. The Kier molecular flexibility index (Phi) is 6.08. The van der Waals surface area contributed by atoms with Crippen molar-refractivity contribution in [1.29, 1.82) is 0 Å². The molecule has 0 bridgehead atoms. The third kappa shape index (κ3) is 4.48. The van der Waals surface area contributed by atoms with Crippen molar-refractivity contribution < 1.29 is 14.0 Å². The van der Waals surface area contributed by atoms with E-state index >= 15 is 0 Å². The standard InChI is InChI=1S/C25H30FN3O2/c1-25(2,20-8-10-21(26)11-9-20)24(31)29-15-5-6-19(17-29)22-12-7-18(16-27-22)23(30)28-13-3-4-14-28/h7-12,16,19H,3-6,13-15,17H2,1-2H3/t19-/m1/s1. The van der Waals surface area contributed by atoms with Gasteiger partial charge in [-0.25, -0.2) is 4.39 Å². The molecular formula is C25H30FN3O2. The lowest BCUT2D eigenvalue weighted by Gasteiger charge is -2.37. The van der Waals surface area contributed by atoms with Crippen LogP contribution in [0.15, 0.2) is 42.6 Å². The highest BCUT2D eigenvalue weighted by molar-refractivity contribution is 5.94. The maximum atomic E-state index is 13.3. The first kappa shape index (κ1) is 21.5. The van der Waals surface area contributed by atoms with E-state index in [2.05, 4.69) is 4.98 Å². The van der Waals surface area contributed by atoms with Gasteiger partial charge in [0.15, 0.2) is 0 Å². The fourth-order valence-corrected chi connectivity index (χ4v) is 4.66. The summed E-state index contributed by atoms with van der Waals surface area (Å²) in [6.07, 6.45) is 5.69. The molecule has 2 aliphatic rings. The molecule has 6 heteroatoms. The van der Waals surface area contributed by atoms with E-state index in [-0.39, 0.29) is 23.5 Å². The predicted octanol–water partition coefficient (Wildman–Crippen LogP) is 4.14. The van der Waals surface area contributed by atoms with Gasteiger partial charge in [-0.05, 0) is 69.4 Å². The molecule has 164 valence electrons. The van der Waals surface area contributed by atoms with Crippen LogP contribution in [0.25, 0.3) is 0 Å². The number of carbonyl (C=O) groups excluding carboxylic acids is 2. The lowest BCUT2D eigenvalue weighted by molar-refractivity contribution is -0.137. The van der Waals surface area contributed by atoms with Crippen LogP contribution in [-0.2, 0) is 10.2 Å². The van der Waals surface area contributed by atoms with Crippen molar-refractivity contribution in [1.82, 2.24) is 14.8 Å². The quantitative estimate of drug-likeness (QED) is 0.743. The van der Waals surface area contributed by atoms with Gasteiger partial charge in [-0.1, -0.05) is 12.1 Å². The zero-order valence-corrected chi connectivity index (χ0v) is 18.3. The molecule has 2 saturated heterocycles. The maximum Gasteiger partial charge on any atom is 0.255 e. The van der Waals surface area contributed by atoms with Crippen molar-refractivity contribution in [2.45, 2.75) is 50.9 Å². The zero-order valence-electron chi connectivity index (χ0n) is 18.3. The van der Waals surface area contributed by atoms with Crippen molar-refractivity contribution in [2.24, 2.45) is 0 Å². The number of hydrogen-bond acceptors (Lipinski definition) is 3. The van der Waals surface area contributed by atoms with Gasteiger partial charge in [0.1, 0.15) is 5.82 Å². The highest BCUT2D eigenvalue weighted by atomic mass is 19.1. The molecule has 0 N–H and O–H groups in total. The number of likely N-dealkylation sites (tertiary alicyclic amines) is 2. The van der Waals surface area contributed by atoms with Crippen LogP contribution in [0.2, 0.25) is 0 Å². The SMILES string of the molecule is CC(C)(C(=O)N1CCC[C@@H](c2ccc(C(=O)N3CCCC3)cn2)C1)c1ccc(F)cc1. The monoisotopic (exact) mass is 423 g/mol. The van der Waals surface area contributed by atoms with E-state index in [1.165, 1.54) is 12.1 Å². The summed E-state index contributed by atoms with van der Waals surface area (Å²) in [5.41, 5.74) is 1.64. The summed E-state index contributed by atoms with van der Waals surface area (Å²) in [4.78, 5) is 34.3. The lowest BCUT2D eigenvalue weighted by atomic mass is 9.82. The summed E-state index contributed by atoms with van der Waals surface area (Å²) in [5.74, 6) is -0.0527. The molecule has 0 aliphatic carbocycles. The summed E-state index contributed by atoms with van der Waals surface area (Å²) in [6, 6.07) is 9.98.